The zero-order valence-electron chi connectivity index (χ0n) is 6.98. The Bertz CT molecular complexity index is 310. The van der Waals surface area contributed by atoms with Crippen molar-refractivity contribution in [2.45, 2.75) is 18.9 Å². The second-order valence-electron chi connectivity index (χ2n) is 2.56. The summed E-state index contributed by atoms with van der Waals surface area (Å²) < 4.78 is 25.5. The van der Waals surface area contributed by atoms with Crippen LogP contribution in [0.2, 0.25) is 0 Å². The highest BCUT2D eigenvalue weighted by Crippen LogP contribution is 2.28. The molecular weight excluding hydrogens is 279 g/mol. The molecule has 0 spiro atoms. The van der Waals surface area contributed by atoms with E-state index in [1.54, 1.807) is 0 Å². The molecule has 0 aliphatic carbocycles. The van der Waals surface area contributed by atoms with Gasteiger partial charge in [0.1, 0.15) is 4.60 Å². The third kappa shape index (κ3) is 2.40. The molecule has 0 amide bonds. The Balaban J connectivity index is 3.33. The van der Waals surface area contributed by atoms with Crippen LogP contribution >= 0.6 is 27.5 Å². The standard InChI is InChI=1S/C8H7BrClF2NO/c9-6-1-4(3-14)7(8(11)12)5(2-10)13-6/h1,8,14H,2-3H2. The van der Waals surface area contributed by atoms with Crippen molar-refractivity contribution in [1.82, 2.24) is 4.98 Å². The van der Waals surface area contributed by atoms with Crippen LogP contribution in [-0.2, 0) is 12.5 Å². The minimum Gasteiger partial charge on any atom is -0.392 e. The van der Waals surface area contributed by atoms with Crippen molar-refractivity contribution in [3.05, 3.63) is 27.5 Å². The van der Waals surface area contributed by atoms with Crippen molar-refractivity contribution >= 4 is 27.5 Å². The number of nitrogens with zero attached hydrogens (tertiary/aromatic N) is 1. The van der Waals surface area contributed by atoms with Gasteiger partial charge >= 0.3 is 0 Å². The normalized spacial score (nSPS) is 11.0. The zero-order chi connectivity index (χ0) is 10.7. The van der Waals surface area contributed by atoms with E-state index in [9.17, 15) is 8.78 Å². The number of pyridine rings is 1. The van der Waals surface area contributed by atoms with Gasteiger partial charge < -0.3 is 5.11 Å². The largest absolute Gasteiger partial charge is 0.392 e. The van der Waals surface area contributed by atoms with Gasteiger partial charge in [0.05, 0.1) is 18.2 Å². The van der Waals surface area contributed by atoms with Crippen LogP contribution in [-0.4, -0.2) is 10.1 Å². The predicted octanol–water partition coefficient (Wildman–Crippen LogP) is 3.01. The molecule has 0 aliphatic rings. The van der Waals surface area contributed by atoms with E-state index in [-0.39, 0.29) is 22.7 Å². The summed E-state index contributed by atoms with van der Waals surface area (Å²) in [6.07, 6.45) is -2.67. The topological polar surface area (TPSA) is 33.1 Å². The van der Waals surface area contributed by atoms with E-state index in [1.165, 1.54) is 6.07 Å². The lowest BCUT2D eigenvalue weighted by atomic mass is 10.1. The van der Waals surface area contributed by atoms with Crippen molar-refractivity contribution in [3.8, 4) is 0 Å². The second-order valence-corrected chi connectivity index (χ2v) is 3.64. The van der Waals surface area contributed by atoms with Crippen molar-refractivity contribution in [2.24, 2.45) is 0 Å². The molecule has 0 radical (unpaired) electrons. The highest BCUT2D eigenvalue weighted by atomic mass is 79.9. The second kappa shape index (κ2) is 5.00. The highest BCUT2D eigenvalue weighted by molar-refractivity contribution is 9.10. The zero-order valence-corrected chi connectivity index (χ0v) is 9.32. The number of aliphatic hydroxyl groups excluding tert-OH is 1. The Morgan fingerprint density at radius 1 is 1.57 bits per heavy atom. The fraction of sp³-hybridized carbons (Fsp3) is 0.375. The summed E-state index contributed by atoms with van der Waals surface area (Å²) in [5, 5.41) is 8.89. The first-order chi connectivity index (χ1) is 6.60. The molecule has 14 heavy (non-hydrogen) atoms. The van der Waals surface area contributed by atoms with E-state index in [0.29, 0.717) is 4.60 Å². The Labute approximate surface area is 93.0 Å². The third-order valence-electron chi connectivity index (χ3n) is 1.71. The Hall–Kier alpha value is -0.260. The lowest BCUT2D eigenvalue weighted by Crippen LogP contribution is -2.03. The smallest absolute Gasteiger partial charge is 0.266 e. The number of hydrogen-bond acceptors (Lipinski definition) is 2. The van der Waals surface area contributed by atoms with Crippen LogP contribution in [0, 0.1) is 0 Å². The Morgan fingerprint density at radius 3 is 2.64 bits per heavy atom. The molecule has 0 atom stereocenters. The van der Waals surface area contributed by atoms with Crippen molar-refractivity contribution in [1.29, 1.82) is 0 Å². The molecule has 0 saturated heterocycles. The number of hydrogen-bond donors (Lipinski definition) is 1. The quantitative estimate of drug-likeness (QED) is 0.684. The summed E-state index contributed by atoms with van der Waals surface area (Å²) >= 11 is 8.53. The van der Waals surface area contributed by atoms with Gasteiger partial charge in [-0.25, -0.2) is 13.8 Å². The summed E-state index contributed by atoms with van der Waals surface area (Å²) in [6.45, 7) is -0.454. The maximum absolute atomic E-state index is 12.6. The number of alkyl halides is 3. The molecule has 0 fully saturated rings. The third-order valence-corrected chi connectivity index (χ3v) is 2.37. The first kappa shape index (κ1) is 11.8. The number of aromatic nitrogens is 1. The SMILES string of the molecule is OCc1cc(Br)nc(CCl)c1C(F)F. The van der Waals surface area contributed by atoms with Crippen LogP contribution in [0.3, 0.4) is 0 Å². The van der Waals surface area contributed by atoms with E-state index in [0.717, 1.165) is 0 Å². The van der Waals surface area contributed by atoms with Crippen molar-refractivity contribution < 1.29 is 13.9 Å². The summed E-state index contributed by atoms with van der Waals surface area (Å²) in [5.41, 5.74) is -0.0247. The van der Waals surface area contributed by atoms with Crippen molar-refractivity contribution in [3.63, 3.8) is 0 Å². The van der Waals surface area contributed by atoms with Gasteiger partial charge in [0.15, 0.2) is 0 Å². The van der Waals surface area contributed by atoms with Gasteiger partial charge in [-0.3, -0.25) is 0 Å². The highest BCUT2D eigenvalue weighted by Gasteiger charge is 2.19. The number of aliphatic hydroxyl groups is 1. The molecule has 2 nitrogen and oxygen atoms in total. The van der Waals surface area contributed by atoms with E-state index in [2.05, 4.69) is 20.9 Å². The number of halogens is 4. The summed E-state index contributed by atoms with van der Waals surface area (Å²) in [6, 6.07) is 1.36. The Kier molecular flexibility index (Phi) is 4.22. The van der Waals surface area contributed by atoms with Gasteiger partial charge in [0, 0.05) is 5.56 Å². The fourth-order valence-corrected chi connectivity index (χ4v) is 1.82. The lowest BCUT2D eigenvalue weighted by Gasteiger charge is -2.10. The number of rotatable bonds is 3. The van der Waals surface area contributed by atoms with E-state index in [4.69, 9.17) is 16.7 Å². The first-order valence-corrected chi connectivity index (χ1v) is 5.06. The predicted molar refractivity (Wildman–Crippen MR) is 52.4 cm³/mol. The van der Waals surface area contributed by atoms with Crippen LogP contribution in [0.4, 0.5) is 8.78 Å². The molecule has 0 aromatic carbocycles. The molecule has 0 bridgehead atoms. The van der Waals surface area contributed by atoms with Gasteiger partial charge in [-0.1, -0.05) is 0 Å². The molecule has 1 N–H and O–H groups in total. The first-order valence-electron chi connectivity index (χ1n) is 3.73. The van der Waals surface area contributed by atoms with Gasteiger partial charge in [-0.2, -0.15) is 0 Å². The van der Waals surface area contributed by atoms with Crippen LogP contribution in [0.1, 0.15) is 23.2 Å². The van der Waals surface area contributed by atoms with E-state index in [1.807, 2.05) is 0 Å². The van der Waals surface area contributed by atoms with Gasteiger partial charge in [0.2, 0.25) is 0 Å². The molecule has 0 saturated carbocycles. The maximum atomic E-state index is 12.6. The Morgan fingerprint density at radius 2 is 2.21 bits per heavy atom. The van der Waals surface area contributed by atoms with Gasteiger partial charge in [-0.15, -0.1) is 11.6 Å². The molecule has 0 aliphatic heterocycles. The average Bonchev–Trinajstić information content (AvgIpc) is 2.15. The van der Waals surface area contributed by atoms with Crippen LogP contribution in [0.15, 0.2) is 10.7 Å². The van der Waals surface area contributed by atoms with Crippen LogP contribution in [0.25, 0.3) is 0 Å². The lowest BCUT2D eigenvalue weighted by molar-refractivity contribution is 0.145. The molecular formula is C8H7BrClF2NO. The van der Waals surface area contributed by atoms with Crippen LogP contribution < -0.4 is 0 Å². The minimum atomic E-state index is -2.67. The summed E-state index contributed by atoms with van der Waals surface area (Å²) in [5.74, 6) is -0.105. The van der Waals surface area contributed by atoms with Crippen LogP contribution in [0.5, 0.6) is 0 Å². The van der Waals surface area contributed by atoms with Gasteiger partial charge in [0.25, 0.3) is 6.43 Å². The molecule has 6 heteroatoms. The fourth-order valence-electron chi connectivity index (χ4n) is 1.13. The molecule has 0 unspecified atom stereocenters. The average molecular weight is 287 g/mol. The van der Waals surface area contributed by atoms with Gasteiger partial charge in [-0.05, 0) is 27.6 Å². The molecule has 1 heterocycles. The molecule has 1 rings (SSSR count). The summed E-state index contributed by atoms with van der Waals surface area (Å²) in [4.78, 5) is 3.82. The summed E-state index contributed by atoms with van der Waals surface area (Å²) in [7, 11) is 0. The molecule has 1 aromatic heterocycles. The monoisotopic (exact) mass is 285 g/mol. The van der Waals surface area contributed by atoms with Crippen molar-refractivity contribution in [2.75, 3.05) is 0 Å². The molecule has 1 aromatic rings. The molecule has 78 valence electrons. The minimum absolute atomic E-state index is 0.0973. The maximum Gasteiger partial charge on any atom is 0.266 e. The van der Waals surface area contributed by atoms with E-state index >= 15 is 0 Å². The van der Waals surface area contributed by atoms with E-state index < -0.39 is 13.0 Å².